The van der Waals surface area contributed by atoms with Crippen molar-refractivity contribution in [2.75, 3.05) is 23.8 Å². The van der Waals surface area contributed by atoms with E-state index in [-0.39, 0.29) is 16.9 Å². The Balaban J connectivity index is 1.59. The van der Waals surface area contributed by atoms with Crippen LogP contribution in [-0.2, 0) is 4.79 Å². The van der Waals surface area contributed by atoms with Crippen molar-refractivity contribution in [1.29, 1.82) is 0 Å². The molecule has 0 bridgehead atoms. The topological polar surface area (TPSA) is 88.7 Å². The van der Waals surface area contributed by atoms with Crippen LogP contribution in [0.1, 0.15) is 17.3 Å². The van der Waals surface area contributed by atoms with Crippen molar-refractivity contribution in [3.63, 3.8) is 0 Å². The van der Waals surface area contributed by atoms with Crippen LogP contribution < -0.4 is 25.4 Å². The summed E-state index contributed by atoms with van der Waals surface area (Å²) in [7, 11) is 0. The van der Waals surface area contributed by atoms with E-state index in [1.807, 2.05) is 0 Å². The number of rotatable bonds is 3. The van der Waals surface area contributed by atoms with Gasteiger partial charge in [0.2, 0.25) is 5.91 Å². The summed E-state index contributed by atoms with van der Waals surface area (Å²) in [5.74, 6) is 0.659. The van der Waals surface area contributed by atoms with E-state index >= 15 is 0 Å². The maximum Gasteiger partial charge on any atom is 0.257 e. The zero-order valence-corrected chi connectivity index (χ0v) is 14.8. The predicted octanol–water partition coefficient (Wildman–Crippen LogP) is 2.54. The first-order chi connectivity index (χ1) is 12.5. The molecule has 7 nitrogen and oxygen atoms in total. The van der Waals surface area contributed by atoms with Crippen molar-refractivity contribution in [2.24, 2.45) is 0 Å². The third-order valence-corrected chi connectivity index (χ3v) is 3.70. The van der Waals surface area contributed by atoms with Gasteiger partial charge in [0.15, 0.2) is 16.6 Å². The number of nitrogens with one attached hydrogen (secondary N) is 3. The molecule has 0 aliphatic carbocycles. The molecule has 3 N–H and O–H groups in total. The predicted molar refractivity (Wildman–Crippen MR) is 102 cm³/mol. The molecule has 1 aliphatic rings. The number of fused-ring (bicyclic) bond motifs is 1. The third-order valence-electron chi connectivity index (χ3n) is 3.49. The minimum atomic E-state index is -0.352. The Morgan fingerprint density at radius 2 is 1.54 bits per heavy atom. The van der Waals surface area contributed by atoms with Crippen LogP contribution in [0.5, 0.6) is 11.5 Å². The number of benzene rings is 2. The van der Waals surface area contributed by atoms with Gasteiger partial charge in [-0.1, -0.05) is 0 Å². The second kappa shape index (κ2) is 7.83. The lowest BCUT2D eigenvalue weighted by Crippen LogP contribution is -2.34. The van der Waals surface area contributed by atoms with Gasteiger partial charge in [-0.15, -0.1) is 0 Å². The van der Waals surface area contributed by atoms with E-state index in [0.717, 1.165) is 0 Å². The van der Waals surface area contributed by atoms with Crippen molar-refractivity contribution in [1.82, 2.24) is 5.32 Å². The lowest BCUT2D eigenvalue weighted by Gasteiger charge is -2.18. The van der Waals surface area contributed by atoms with Crippen LogP contribution in [0.3, 0.4) is 0 Å². The van der Waals surface area contributed by atoms with Crippen LogP contribution in [0.15, 0.2) is 42.5 Å². The molecule has 1 heterocycles. The quantitative estimate of drug-likeness (QED) is 0.719. The zero-order valence-electron chi connectivity index (χ0n) is 14.0. The fourth-order valence-electron chi connectivity index (χ4n) is 2.36. The van der Waals surface area contributed by atoms with Gasteiger partial charge in [0.05, 0.1) is 0 Å². The van der Waals surface area contributed by atoms with Crippen LogP contribution in [0, 0.1) is 0 Å². The SMILES string of the molecule is CC(=O)Nc1ccc(NC(=S)NC(=O)c2ccc3c(c2)OCCO3)cc1. The number of anilines is 2. The molecule has 0 saturated carbocycles. The van der Waals surface area contributed by atoms with E-state index in [2.05, 4.69) is 16.0 Å². The van der Waals surface area contributed by atoms with Gasteiger partial charge in [-0.25, -0.2) is 0 Å². The molecule has 0 unspecified atom stereocenters. The number of amides is 2. The van der Waals surface area contributed by atoms with Crippen molar-refractivity contribution in [3.05, 3.63) is 48.0 Å². The molecular weight excluding hydrogens is 354 g/mol. The first kappa shape index (κ1) is 17.7. The molecule has 0 aromatic heterocycles. The summed E-state index contributed by atoms with van der Waals surface area (Å²) in [6.07, 6.45) is 0. The third kappa shape index (κ3) is 4.48. The van der Waals surface area contributed by atoms with E-state index in [0.29, 0.717) is 41.7 Å². The van der Waals surface area contributed by atoms with E-state index in [9.17, 15) is 9.59 Å². The smallest absolute Gasteiger partial charge is 0.257 e. The maximum atomic E-state index is 12.3. The van der Waals surface area contributed by atoms with Gasteiger partial charge in [0, 0.05) is 23.9 Å². The molecule has 2 amide bonds. The molecule has 2 aromatic rings. The Hall–Kier alpha value is -3.13. The van der Waals surface area contributed by atoms with Crippen LogP contribution in [0.4, 0.5) is 11.4 Å². The molecule has 0 atom stereocenters. The highest BCUT2D eigenvalue weighted by atomic mass is 32.1. The highest BCUT2D eigenvalue weighted by molar-refractivity contribution is 7.80. The Morgan fingerprint density at radius 1 is 0.923 bits per heavy atom. The van der Waals surface area contributed by atoms with Gasteiger partial charge in [-0.05, 0) is 54.7 Å². The number of ether oxygens (including phenoxy) is 2. The normalized spacial score (nSPS) is 12.0. The van der Waals surface area contributed by atoms with Crippen LogP contribution in [-0.4, -0.2) is 30.1 Å². The summed E-state index contributed by atoms with van der Waals surface area (Å²) in [5.41, 5.74) is 1.78. The molecule has 3 rings (SSSR count). The number of hydrogen-bond acceptors (Lipinski definition) is 5. The van der Waals surface area contributed by atoms with Gasteiger partial charge in [0.1, 0.15) is 13.2 Å². The van der Waals surface area contributed by atoms with Gasteiger partial charge in [-0.2, -0.15) is 0 Å². The van der Waals surface area contributed by atoms with Crippen molar-refractivity contribution in [2.45, 2.75) is 6.92 Å². The highest BCUT2D eigenvalue weighted by Crippen LogP contribution is 2.30. The minimum absolute atomic E-state index is 0.145. The minimum Gasteiger partial charge on any atom is -0.486 e. The van der Waals surface area contributed by atoms with Crippen LogP contribution in [0.25, 0.3) is 0 Å². The molecule has 134 valence electrons. The standard InChI is InChI=1S/C18H17N3O4S/c1-11(22)19-13-3-5-14(6-4-13)20-18(26)21-17(23)12-2-7-15-16(10-12)25-9-8-24-15/h2-7,10H,8-9H2,1H3,(H,19,22)(H2,20,21,23,26). The van der Waals surface area contributed by atoms with E-state index < -0.39 is 0 Å². The van der Waals surface area contributed by atoms with Crippen LogP contribution in [0.2, 0.25) is 0 Å². The molecule has 8 heteroatoms. The molecule has 0 fully saturated rings. The number of carbonyl (C=O) groups excluding carboxylic acids is 2. The molecule has 1 aliphatic heterocycles. The molecule has 0 saturated heterocycles. The second-order valence-corrected chi connectivity index (χ2v) is 5.93. The lowest BCUT2D eigenvalue weighted by atomic mass is 10.2. The Kier molecular flexibility index (Phi) is 5.33. The summed E-state index contributed by atoms with van der Waals surface area (Å²) in [4.78, 5) is 23.3. The average molecular weight is 371 g/mol. The number of carbonyl (C=O) groups is 2. The van der Waals surface area contributed by atoms with Gasteiger partial charge in [-0.3, -0.25) is 14.9 Å². The summed E-state index contributed by atoms with van der Waals surface area (Å²) < 4.78 is 10.9. The molecule has 0 spiro atoms. The Labute approximate surface area is 155 Å². The average Bonchev–Trinajstić information content (AvgIpc) is 2.62. The highest BCUT2D eigenvalue weighted by Gasteiger charge is 2.15. The van der Waals surface area contributed by atoms with Crippen molar-refractivity contribution in [3.8, 4) is 11.5 Å². The first-order valence-corrected chi connectivity index (χ1v) is 8.32. The van der Waals surface area contributed by atoms with Gasteiger partial charge >= 0.3 is 0 Å². The van der Waals surface area contributed by atoms with Crippen molar-refractivity contribution < 1.29 is 19.1 Å². The van der Waals surface area contributed by atoms with Crippen molar-refractivity contribution >= 4 is 40.5 Å². The van der Waals surface area contributed by atoms with E-state index in [1.165, 1.54) is 6.92 Å². The zero-order chi connectivity index (χ0) is 18.5. The Bertz CT molecular complexity index is 852. The Morgan fingerprint density at radius 3 is 2.19 bits per heavy atom. The maximum absolute atomic E-state index is 12.3. The molecular formula is C18H17N3O4S. The van der Waals surface area contributed by atoms with Gasteiger partial charge in [0.25, 0.3) is 5.91 Å². The largest absolute Gasteiger partial charge is 0.486 e. The summed E-state index contributed by atoms with van der Waals surface area (Å²) in [6, 6.07) is 11.9. The van der Waals surface area contributed by atoms with Gasteiger partial charge < -0.3 is 20.1 Å². The summed E-state index contributed by atoms with van der Waals surface area (Å²) in [6.45, 7) is 2.38. The summed E-state index contributed by atoms with van der Waals surface area (Å²) >= 11 is 5.17. The lowest BCUT2D eigenvalue weighted by molar-refractivity contribution is -0.114. The molecule has 26 heavy (non-hydrogen) atoms. The fraction of sp³-hybridized carbons (Fsp3) is 0.167. The summed E-state index contributed by atoms with van der Waals surface area (Å²) in [5, 5.41) is 8.37. The molecule has 0 radical (unpaired) electrons. The monoisotopic (exact) mass is 371 g/mol. The van der Waals surface area contributed by atoms with Crippen LogP contribution >= 0.6 is 12.2 Å². The number of hydrogen-bond donors (Lipinski definition) is 3. The van der Waals surface area contributed by atoms with E-state index in [4.69, 9.17) is 21.7 Å². The van der Waals surface area contributed by atoms with E-state index in [1.54, 1.807) is 42.5 Å². The fourth-order valence-corrected chi connectivity index (χ4v) is 2.57. The second-order valence-electron chi connectivity index (χ2n) is 5.53. The molecule has 2 aromatic carbocycles. The number of thiocarbonyl (C=S) groups is 1. The first-order valence-electron chi connectivity index (χ1n) is 7.91.